The highest BCUT2D eigenvalue weighted by molar-refractivity contribution is 9.50. The van der Waals surface area contributed by atoms with E-state index < -0.39 is 5.64 Å². The number of nitrogens with zero attached hydrogens (tertiary/aromatic N) is 2. The van der Waals surface area contributed by atoms with Crippen LogP contribution in [0.3, 0.4) is 0 Å². The van der Waals surface area contributed by atoms with E-state index in [0.717, 1.165) is 13.1 Å². The van der Waals surface area contributed by atoms with Crippen molar-refractivity contribution in [3.63, 3.8) is 0 Å². The number of rotatable bonds is 4. The summed E-state index contributed by atoms with van der Waals surface area (Å²) in [6.45, 7) is 6.45. The summed E-state index contributed by atoms with van der Waals surface area (Å²) in [7, 11) is 4.25. The Morgan fingerprint density at radius 3 is 1.45 bits per heavy atom. The Morgan fingerprint density at radius 1 is 1.00 bits per heavy atom. The van der Waals surface area contributed by atoms with Crippen LogP contribution in [-0.4, -0.2) is 42.0 Å². The highest BCUT2D eigenvalue weighted by Crippen LogP contribution is 2.26. The third kappa shape index (κ3) is 3.14. The van der Waals surface area contributed by atoms with Crippen molar-refractivity contribution in [1.29, 1.82) is 0 Å². The van der Waals surface area contributed by atoms with Gasteiger partial charge in [0.1, 0.15) is 0 Å². The smallest absolute Gasteiger partial charge is 0.298 e. The predicted octanol–water partition coefficient (Wildman–Crippen LogP) is 2.12. The molecule has 0 unspecified atom stereocenters. The molecule has 0 rings (SSSR count). The number of hydrogen-bond donors (Lipinski definition) is 0. The molecule has 0 saturated carbocycles. The standard InChI is InChI=1S/C6H16Br2N2Si/c1-5-9(3)11(7,8)10(4)6-2/h5-6H2,1-4H3. The van der Waals surface area contributed by atoms with E-state index in [-0.39, 0.29) is 0 Å². The Balaban J connectivity index is 4.18. The number of halogens is 2. The first-order chi connectivity index (χ1) is 4.96. The largest absolute Gasteiger partial charge is 0.353 e. The van der Waals surface area contributed by atoms with Crippen molar-refractivity contribution in [2.24, 2.45) is 0 Å². The lowest BCUT2D eigenvalue weighted by Crippen LogP contribution is -2.54. The minimum atomic E-state index is -1.62. The lowest BCUT2D eigenvalue weighted by Gasteiger charge is -2.35. The summed E-state index contributed by atoms with van der Waals surface area (Å²) in [6, 6.07) is 0. The molecule has 5 heteroatoms. The highest BCUT2D eigenvalue weighted by Gasteiger charge is 2.35. The molecular weight excluding hydrogens is 288 g/mol. The Bertz CT molecular complexity index is 109. The van der Waals surface area contributed by atoms with Gasteiger partial charge in [0.05, 0.1) is 0 Å². The summed E-state index contributed by atoms with van der Waals surface area (Å²) < 4.78 is 4.63. The predicted molar refractivity (Wildman–Crippen MR) is 60.2 cm³/mol. The average Bonchev–Trinajstić information content (AvgIpc) is 2.01. The first-order valence-corrected chi connectivity index (χ1v) is 10.2. The lowest BCUT2D eigenvalue weighted by molar-refractivity contribution is 0.457. The van der Waals surface area contributed by atoms with Gasteiger partial charge in [-0.25, -0.2) is 0 Å². The maximum atomic E-state index is 3.74. The maximum absolute atomic E-state index is 3.74. The van der Waals surface area contributed by atoms with Gasteiger partial charge in [-0.15, -0.1) is 0 Å². The van der Waals surface area contributed by atoms with E-state index in [1.165, 1.54) is 0 Å². The van der Waals surface area contributed by atoms with Gasteiger partial charge in [0, 0.05) is 0 Å². The van der Waals surface area contributed by atoms with Crippen molar-refractivity contribution < 1.29 is 0 Å². The van der Waals surface area contributed by atoms with Crippen LogP contribution in [0.15, 0.2) is 0 Å². The minimum Gasteiger partial charge on any atom is -0.298 e. The van der Waals surface area contributed by atoms with E-state index in [4.69, 9.17) is 0 Å². The van der Waals surface area contributed by atoms with Crippen molar-refractivity contribution in [3.8, 4) is 0 Å². The zero-order chi connectivity index (χ0) is 9.07. The van der Waals surface area contributed by atoms with E-state index in [0.29, 0.717) is 0 Å². The molecule has 0 aliphatic rings. The molecule has 0 aliphatic heterocycles. The Labute approximate surface area is 86.3 Å². The molecule has 0 bridgehead atoms. The van der Waals surface area contributed by atoms with Crippen LogP contribution in [0.4, 0.5) is 0 Å². The lowest BCUT2D eigenvalue weighted by atomic mass is 10.8. The van der Waals surface area contributed by atoms with Gasteiger partial charge in [0.15, 0.2) is 0 Å². The van der Waals surface area contributed by atoms with Crippen LogP contribution in [0.1, 0.15) is 13.8 Å². The van der Waals surface area contributed by atoms with Gasteiger partial charge in [0.25, 0.3) is 0 Å². The van der Waals surface area contributed by atoms with Gasteiger partial charge in [-0.2, -0.15) is 0 Å². The van der Waals surface area contributed by atoms with E-state index in [2.05, 4.69) is 67.7 Å². The van der Waals surface area contributed by atoms with Crippen molar-refractivity contribution in [3.05, 3.63) is 0 Å². The molecule has 68 valence electrons. The van der Waals surface area contributed by atoms with Gasteiger partial charge in [0.2, 0.25) is 0 Å². The summed E-state index contributed by atoms with van der Waals surface area (Å²) >= 11 is 7.48. The fraction of sp³-hybridized carbons (Fsp3) is 1.00. The zero-order valence-corrected chi connectivity index (χ0v) is 11.7. The van der Waals surface area contributed by atoms with Crippen LogP contribution < -0.4 is 0 Å². The molecule has 0 atom stereocenters. The van der Waals surface area contributed by atoms with Gasteiger partial charge < -0.3 is 0 Å². The summed E-state index contributed by atoms with van der Waals surface area (Å²) in [6.07, 6.45) is 0. The van der Waals surface area contributed by atoms with Gasteiger partial charge in [-0.1, -0.05) is 44.4 Å². The molecule has 0 radical (unpaired) electrons. The van der Waals surface area contributed by atoms with E-state index >= 15 is 0 Å². The monoisotopic (exact) mass is 302 g/mol. The van der Waals surface area contributed by atoms with Crippen molar-refractivity contribution >= 4 is 36.2 Å². The minimum absolute atomic E-state index is 1.06. The molecule has 0 aromatic rings. The fourth-order valence-corrected chi connectivity index (χ4v) is 5.02. The third-order valence-corrected chi connectivity index (χ3v) is 11.6. The quantitative estimate of drug-likeness (QED) is 0.580. The van der Waals surface area contributed by atoms with Crippen molar-refractivity contribution in [1.82, 2.24) is 9.13 Å². The summed E-state index contributed by atoms with van der Waals surface area (Å²) in [4.78, 5) is 0. The van der Waals surface area contributed by atoms with E-state index in [1.54, 1.807) is 0 Å². The summed E-state index contributed by atoms with van der Waals surface area (Å²) in [5, 5.41) is 0. The second kappa shape index (κ2) is 4.96. The second-order valence-corrected chi connectivity index (χ2v) is 14.9. The molecular formula is C6H16Br2N2Si. The van der Waals surface area contributed by atoms with Gasteiger partial charge >= 0.3 is 5.64 Å². The molecule has 0 heterocycles. The van der Waals surface area contributed by atoms with Crippen LogP contribution in [0.2, 0.25) is 0 Å². The van der Waals surface area contributed by atoms with Crippen LogP contribution >= 0.6 is 30.6 Å². The highest BCUT2D eigenvalue weighted by atomic mass is 79.9. The van der Waals surface area contributed by atoms with Crippen LogP contribution in [0, 0.1) is 0 Å². The molecule has 0 aliphatic carbocycles. The zero-order valence-electron chi connectivity index (χ0n) is 7.56. The van der Waals surface area contributed by atoms with Gasteiger partial charge in [-0.05, 0) is 27.2 Å². The van der Waals surface area contributed by atoms with Gasteiger partial charge in [-0.3, -0.25) is 9.13 Å². The SMILES string of the molecule is CCN(C)[Si](Br)(Br)N(C)CC. The molecule has 2 nitrogen and oxygen atoms in total. The van der Waals surface area contributed by atoms with Crippen molar-refractivity contribution in [2.45, 2.75) is 13.8 Å². The summed E-state index contributed by atoms with van der Waals surface area (Å²) in [5.41, 5.74) is -1.62. The topological polar surface area (TPSA) is 6.48 Å². The first-order valence-electron chi connectivity index (χ1n) is 3.77. The molecule has 0 aromatic carbocycles. The molecule has 0 amide bonds. The second-order valence-electron chi connectivity index (χ2n) is 2.54. The molecule has 0 saturated heterocycles. The average molecular weight is 304 g/mol. The number of hydrogen-bond acceptors (Lipinski definition) is 2. The van der Waals surface area contributed by atoms with Crippen LogP contribution in [-0.2, 0) is 0 Å². The third-order valence-electron chi connectivity index (χ3n) is 1.87. The molecule has 0 aromatic heterocycles. The van der Waals surface area contributed by atoms with Crippen molar-refractivity contribution in [2.75, 3.05) is 27.2 Å². The van der Waals surface area contributed by atoms with Crippen LogP contribution in [0.25, 0.3) is 0 Å². The Kier molecular flexibility index (Phi) is 5.46. The Hall–Kier alpha value is 1.10. The van der Waals surface area contributed by atoms with E-state index in [1.807, 2.05) is 0 Å². The first kappa shape index (κ1) is 12.1. The van der Waals surface area contributed by atoms with E-state index in [9.17, 15) is 0 Å². The fourth-order valence-electron chi connectivity index (χ4n) is 0.672. The van der Waals surface area contributed by atoms with Crippen LogP contribution in [0.5, 0.6) is 0 Å². The Morgan fingerprint density at radius 2 is 1.27 bits per heavy atom. The molecule has 0 N–H and O–H groups in total. The molecule has 0 spiro atoms. The normalized spacial score (nSPS) is 13.1. The molecule has 11 heavy (non-hydrogen) atoms. The maximum Gasteiger partial charge on any atom is 0.353 e. The summed E-state index contributed by atoms with van der Waals surface area (Å²) in [5.74, 6) is 0. The molecule has 0 fully saturated rings.